The lowest BCUT2D eigenvalue weighted by Gasteiger charge is -2.20. The molecule has 2 nitrogen and oxygen atoms in total. The van der Waals surface area contributed by atoms with Gasteiger partial charge in [0.15, 0.2) is 12.0 Å². The van der Waals surface area contributed by atoms with Crippen molar-refractivity contribution in [1.29, 1.82) is 0 Å². The average molecular weight is 159 g/mol. The van der Waals surface area contributed by atoms with Gasteiger partial charge in [-0.25, -0.2) is 4.39 Å². The molecule has 0 bridgehead atoms. The summed E-state index contributed by atoms with van der Waals surface area (Å²) in [6.45, 7) is 2.23. The van der Waals surface area contributed by atoms with Crippen LogP contribution in [0.5, 0.6) is 0 Å². The zero-order chi connectivity index (χ0) is 8.43. The number of hydrogen-bond donors (Lipinski definition) is 0. The van der Waals surface area contributed by atoms with Gasteiger partial charge in [-0.2, -0.15) is 0 Å². The van der Waals surface area contributed by atoms with E-state index in [0.717, 1.165) is 19.4 Å². The molecule has 2 unspecified atom stereocenters. The molecular formula is C8H14FNO. The lowest BCUT2D eigenvalue weighted by molar-refractivity contribution is -0.123. The molecule has 11 heavy (non-hydrogen) atoms. The highest BCUT2D eigenvalue weighted by Gasteiger charge is 2.31. The molecule has 1 aliphatic rings. The van der Waals surface area contributed by atoms with Crippen molar-refractivity contribution >= 4 is 5.78 Å². The molecule has 0 radical (unpaired) electrons. The van der Waals surface area contributed by atoms with E-state index in [1.54, 1.807) is 0 Å². The fraction of sp³-hybridized carbons (Fsp3) is 0.875. The van der Waals surface area contributed by atoms with Gasteiger partial charge < -0.3 is 4.90 Å². The molecule has 0 amide bonds. The van der Waals surface area contributed by atoms with Crippen LogP contribution < -0.4 is 0 Å². The summed E-state index contributed by atoms with van der Waals surface area (Å²) in [6.07, 6.45) is 0.550. The van der Waals surface area contributed by atoms with E-state index in [4.69, 9.17) is 0 Å². The minimum atomic E-state index is -1.28. The van der Waals surface area contributed by atoms with Crippen molar-refractivity contribution in [2.24, 2.45) is 0 Å². The number of rotatable bonds is 2. The first-order chi connectivity index (χ1) is 5.13. The molecule has 3 heteroatoms. The fourth-order valence-corrected chi connectivity index (χ4v) is 1.58. The van der Waals surface area contributed by atoms with Crippen LogP contribution in [0.2, 0.25) is 0 Å². The molecule has 1 heterocycles. The lowest BCUT2D eigenvalue weighted by atomic mass is 10.1. The Morgan fingerprint density at radius 2 is 2.36 bits per heavy atom. The quantitative estimate of drug-likeness (QED) is 0.599. The largest absolute Gasteiger partial charge is 0.300 e. The number of carbonyl (C=O) groups excluding carboxylic acids is 1. The number of carbonyl (C=O) groups is 1. The molecule has 0 N–H and O–H groups in total. The molecule has 0 aromatic heterocycles. The summed E-state index contributed by atoms with van der Waals surface area (Å²) in [4.78, 5) is 12.6. The highest BCUT2D eigenvalue weighted by molar-refractivity contribution is 5.81. The summed E-state index contributed by atoms with van der Waals surface area (Å²) in [5.41, 5.74) is 0. The van der Waals surface area contributed by atoms with Crippen LogP contribution in [0.15, 0.2) is 0 Å². The van der Waals surface area contributed by atoms with Gasteiger partial charge in [-0.05, 0) is 33.4 Å². The van der Waals surface area contributed by atoms with Crippen molar-refractivity contribution in [2.75, 3.05) is 13.6 Å². The van der Waals surface area contributed by atoms with E-state index < -0.39 is 6.17 Å². The van der Waals surface area contributed by atoms with Gasteiger partial charge in [-0.1, -0.05) is 0 Å². The van der Waals surface area contributed by atoms with Crippen LogP contribution >= 0.6 is 0 Å². The van der Waals surface area contributed by atoms with Gasteiger partial charge in [0, 0.05) is 6.04 Å². The fourth-order valence-electron chi connectivity index (χ4n) is 1.58. The van der Waals surface area contributed by atoms with Crippen molar-refractivity contribution in [3.63, 3.8) is 0 Å². The molecule has 0 aliphatic carbocycles. The van der Waals surface area contributed by atoms with Crippen molar-refractivity contribution in [3.05, 3.63) is 0 Å². The summed E-state index contributed by atoms with van der Waals surface area (Å²) in [7, 11) is 1.87. The van der Waals surface area contributed by atoms with Crippen LogP contribution in [-0.2, 0) is 4.79 Å². The highest BCUT2D eigenvalue weighted by Crippen LogP contribution is 2.20. The first-order valence-electron chi connectivity index (χ1n) is 3.97. The van der Waals surface area contributed by atoms with Crippen molar-refractivity contribution in [2.45, 2.75) is 32.0 Å². The van der Waals surface area contributed by atoms with Crippen LogP contribution in [0, 0.1) is 0 Å². The maximum atomic E-state index is 13.1. The second-order valence-corrected chi connectivity index (χ2v) is 3.20. The van der Waals surface area contributed by atoms with E-state index in [2.05, 4.69) is 0 Å². The Morgan fingerprint density at radius 3 is 2.73 bits per heavy atom. The van der Waals surface area contributed by atoms with E-state index in [1.165, 1.54) is 6.92 Å². The normalized spacial score (nSPS) is 28.8. The average Bonchev–Trinajstić information content (AvgIpc) is 2.33. The Kier molecular flexibility index (Phi) is 2.60. The van der Waals surface area contributed by atoms with Gasteiger partial charge in [-0.15, -0.1) is 0 Å². The molecule has 0 spiro atoms. The number of likely N-dealkylation sites (tertiary alicyclic amines) is 1. The van der Waals surface area contributed by atoms with E-state index in [9.17, 15) is 9.18 Å². The number of alkyl halides is 1. The van der Waals surface area contributed by atoms with E-state index in [-0.39, 0.29) is 11.8 Å². The SMILES string of the molecule is CC(=O)C(F)C1CCCN1C. The monoisotopic (exact) mass is 159 g/mol. The predicted octanol–water partition coefficient (Wildman–Crippen LogP) is 1.01. The zero-order valence-corrected chi connectivity index (χ0v) is 7.01. The lowest BCUT2D eigenvalue weighted by Crippen LogP contribution is -2.37. The van der Waals surface area contributed by atoms with Gasteiger partial charge >= 0.3 is 0 Å². The van der Waals surface area contributed by atoms with Gasteiger partial charge in [-0.3, -0.25) is 4.79 Å². The highest BCUT2D eigenvalue weighted by atomic mass is 19.1. The summed E-state index contributed by atoms with van der Waals surface area (Å²) < 4.78 is 13.1. The van der Waals surface area contributed by atoms with Crippen LogP contribution in [0.25, 0.3) is 0 Å². The molecule has 0 saturated carbocycles. The molecular weight excluding hydrogens is 145 g/mol. The third kappa shape index (κ3) is 1.77. The van der Waals surface area contributed by atoms with Gasteiger partial charge in [0.2, 0.25) is 0 Å². The molecule has 1 rings (SSSR count). The zero-order valence-electron chi connectivity index (χ0n) is 7.01. The van der Waals surface area contributed by atoms with E-state index >= 15 is 0 Å². The molecule has 1 aliphatic heterocycles. The van der Waals surface area contributed by atoms with E-state index in [0.29, 0.717) is 0 Å². The second kappa shape index (κ2) is 3.30. The third-order valence-corrected chi connectivity index (χ3v) is 2.30. The Balaban J connectivity index is 2.52. The van der Waals surface area contributed by atoms with Crippen LogP contribution in [0.4, 0.5) is 4.39 Å². The summed E-state index contributed by atoms with van der Waals surface area (Å²) >= 11 is 0. The minimum Gasteiger partial charge on any atom is -0.300 e. The van der Waals surface area contributed by atoms with Crippen LogP contribution in [0.3, 0.4) is 0 Å². The standard InChI is InChI=1S/C8H14FNO/c1-6(11)8(9)7-4-3-5-10(7)2/h7-8H,3-5H2,1-2H3. The topological polar surface area (TPSA) is 20.3 Å². The summed E-state index contributed by atoms with van der Waals surface area (Å²) in [6, 6.07) is -0.160. The number of hydrogen-bond acceptors (Lipinski definition) is 2. The predicted molar refractivity (Wildman–Crippen MR) is 41.2 cm³/mol. The molecule has 1 saturated heterocycles. The maximum Gasteiger partial charge on any atom is 0.173 e. The molecule has 64 valence electrons. The third-order valence-electron chi connectivity index (χ3n) is 2.30. The van der Waals surface area contributed by atoms with Crippen molar-refractivity contribution < 1.29 is 9.18 Å². The maximum absolute atomic E-state index is 13.1. The van der Waals surface area contributed by atoms with Crippen molar-refractivity contribution in [1.82, 2.24) is 4.90 Å². The number of ketones is 1. The second-order valence-electron chi connectivity index (χ2n) is 3.20. The molecule has 0 aromatic carbocycles. The Labute approximate surface area is 66.4 Å². The first-order valence-corrected chi connectivity index (χ1v) is 3.97. The summed E-state index contributed by atoms with van der Waals surface area (Å²) in [5.74, 6) is -0.344. The first kappa shape index (κ1) is 8.65. The van der Waals surface area contributed by atoms with Crippen LogP contribution in [0.1, 0.15) is 19.8 Å². The Morgan fingerprint density at radius 1 is 1.73 bits per heavy atom. The number of nitrogens with zero attached hydrogens (tertiary/aromatic N) is 1. The van der Waals surface area contributed by atoms with E-state index in [1.807, 2.05) is 11.9 Å². The Bertz CT molecular complexity index is 160. The van der Waals surface area contributed by atoms with Gasteiger partial charge in [0.25, 0.3) is 0 Å². The van der Waals surface area contributed by atoms with Gasteiger partial charge in [0.05, 0.1) is 0 Å². The number of Topliss-reactive ketones (excluding diaryl/α,β-unsaturated/α-hetero) is 1. The Hall–Kier alpha value is -0.440. The molecule has 2 atom stereocenters. The minimum absolute atomic E-state index is 0.160. The van der Waals surface area contributed by atoms with Crippen LogP contribution in [-0.4, -0.2) is 36.5 Å². The molecule has 1 fully saturated rings. The van der Waals surface area contributed by atoms with Crippen molar-refractivity contribution in [3.8, 4) is 0 Å². The smallest absolute Gasteiger partial charge is 0.173 e. The summed E-state index contributed by atoms with van der Waals surface area (Å²) in [5, 5.41) is 0. The molecule has 0 aromatic rings. The number of halogens is 1. The van der Waals surface area contributed by atoms with Gasteiger partial charge in [0.1, 0.15) is 0 Å².